The zero-order chi connectivity index (χ0) is 24.1. The van der Waals surface area contributed by atoms with Gasteiger partial charge < -0.3 is 10.6 Å². The lowest BCUT2D eigenvalue weighted by molar-refractivity contribution is -0.120. The Balaban J connectivity index is 1.30. The van der Waals surface area contributed by atoms with Crippen molar-refractivity contribution in [1.29, 1.82) is 0 Å². The van der Waals surface area contributed by atoms with E-state index in [2.05, 4.69) is 10.6 Å². The fraction of sp³-hybridized carbons (Fsp3) is 0.231. The first-order valence-corrected chi connectivity index (χ1v) is 12.6. The van der Waals surface area contributed by atoms with Crippen LogP contribution in [0.15, 0.2) is 83.8 Å². The van der Waals surface area contributed by atoms with E-state index in [-0.39, 0.29) is 22.6 Å². The summed E-state index contributed by atoms with van der Waals surface area (Å²) in [6, 6.07) is 22.7. The van der Waals surface area contributed by atoms with Crippen LogP contribution in [0.1, 0.15) is 28.8 Å². The SMILES string of the molecule is Cc1ccc(S(=O)(=O)N2CCC(C(=O)Nc3ccc(NC(=O)c4ccccc4)cc3)CC2)cc1. The van der Waals surface area contributed by atoms with Crippen LogP contribution >= 0.6 is 0 Å². The molecule has 0 radical (unpaired) electrons. The maximum atomic E-state index is 12.9. The van der Waals surface area contributed by atoms with Gasteiger partial charge in [0.15, 0.2) is 0 Å². The molecule has 0 atom stereocenters. The molecule has 34 heavy (non-hydrogen) atoms. The van der Waals surface area contributed by atoms with E-state index in [0.717, 1.165) is 5.56 Å². The smallest absolute Gasteiger partial charge is 0.255 e. The molecule has 8 heteroatoms. The maximum Gasteiger partial charge on any atom is 0.255 e. The molecule has 0 bridgehead atoms. The summed E-state index contributed by atoms with van der Waals surface area (Å²) < 4.78 is 27.2. The van der Waals surface area contributed by atoms with Gasteiger partial charge >= 0.3 is 0 Å². The van der Waals surface area contributed by atoms with Crippen molar-refractivity contribution in [3.63, 3.8) is 0 Å². The minimum Gasteiger partial charge on any atom is -0.326 e. The van der Waals surface area contributed by atoms with Crippen molar-refractivity contribution < 1.29 is 18.0 Å². The number of hydrogen-bond acceptors (Lipinski definition) is 4. The Hall–Kier alpha value is -3.49. The summed E-state index contributed by atoms with van der Waals surface area (Å²) in [4.78, 5) is 25.3. The minimum absolute atomic E-state index is 0.131. The molecule has 0 spiro atoms. The van der Waals surface area contributed by atoms with Gasteiger partial charge in [0.05, 0.1) is 4.90 Å². The third kappa shape index (κ3) is 5.52. The first-order chi connectivity index (χ1) is 16.3. The second-order valence-electron chi connectivity index (χ2n) is 8.38. The fourth-order valence-electron chi connectivity index (χ4n) is 3.89. The van der Waals surface area contributed by atoms with Crippen LogP contribution in [0.4, 0.5) is 11.4 Å². The molecule has 1 aliphatic rings. The zero-order valence-electron chi connectivity index (χ0n) is 18.9. The summed E-state index contributed by atoms with van der Waals surface area (Å²) in [6.07, 6.45) is 0.921. The van der Waals surface area contributed by atoms with Gasteiger partial charge in [0.2, 0.25) is 15.9 Å². The summed E-state index contributed by atoms with van der Waals surface area (Å²) in [6.45, 7) is 2.52. The number of benzene rings is 3. The van der Waals surface area contributed by atoms with Gasteiger partial charge in [0, 0.05) is 35.9 Å². The highest BCUT2D eigenvalue weighted by molar-refractivity contribution is 7.89. The van der Waals surface area contributed by atoms with Crippen LogP contribution in [-0.4, -0.2) is 37.6 Å². The molecule has 0 unspecified atom stereocenters. The van der Waals surface area contributed by atoms with Crippen LogP contribution < -0.4 is 10.6 Å². The monoisotopic (exact) mass is 477 g/mol. The Bertz CT molecular complexity index is 1250. The van der Waals surface area contributed by atoms with Gasteiger partial charge in [-0.3, -0.25) is 9.59 Å². The molecule has 0 aliphatic carbocycles. The number of carbonyl (C=O) groups excluding carboxylic acids is 2. The number of sulfonamides is 1. The average molecular weight is 478 g/mol. The van der Waals surface area contributed by atoms with Crippen molar-refractivity contribution in [3.05, 3.63) is 90.0 Å². The predicted octanol–water partition coefficient (Wildman–Crippen LogP) is 4.29. The quantitative estimate of drug-likeness (QED) is 0.554. The van der Waals surface area contributed by atoms with Gasteiger partial charge in [-0.1, -0.05) is 35.9 Å². The standard InChI is InChI=1S/C26H27N3O4S/c1-19-7-13-24(14-8-19)34(32,33)29-17-15-21(16-18-29)26(31)28-23-11-9-22(10-12-23)27-25(30)20-5-3-2-4-6-20/h2-14,21H,15-18H2,1H3,(H,27,30)(H,28,31). The highest BCUT2D eigenvalue weighted by Crippen LogP contribution is 2.25. The molecule has 7 nitrogen and oxygen atoms in total. The third-order valence-corrected chi connectivity index (χ3v) is 7.84. The van der Waals surface area contributed by atoms with Crippen molar-refractivity contribution in [3.8, 4) is 0 Å². The highest BCUT2D eigenvalue weighted by atomic mass is 32.2. The molecule has 1 fully saturated rings. The van der Waals surface area contributed by atoms with E-state index < -0.39 is 10.0 Å². The van der Waals surface area contributed by atoms with Crippen LogP contribution in [0.25, 0.3) is 0 Å². The van der Waals surface area contributed by atoms with Gasteiger partial charge in [-0.15, -0.1) is 0 Å². The molecule has 3 aromatic carbocycles. The summed E-state index contributed by atoms with van der Waals surface area (Å²) in [5.41, 5.74) is 2.82. The van der Waals surface area contributed by atoms with Crippen molar-refractivity contribution >= 4 is 33.2 Å². The van der Waals surface area contributed by atoms with Gasteiger partial charge in [-0.25, -0.2) is 8.42 Å². The first kappa shape index (κ1) is 23.7. The van der Waals surface area contributed by atoms with E-state index in [1.54, 1.807) is 72.8 Å². The summed E-state index contributed by atoms with van der Waals surface area (Å²) >= 11 is 0. The van der Waals surface area contributed by atoms with Gasteiger partial charge in [0.1, 0.15) is 0 Å². The number of piperidine rings is 1. The Morgan fingerprint density at radius 3 is 1.94 bits per heavy atom. The predicted molar refractivity (Wildman–Crippen MR) is 132 cm³/mol. The summed E-state index contributed by atoms with van der Waals surface area (Å²) in [5, 5.41) is 5.72. The van der Waals surface area contributed by atoms with Crippen molar-refractivity contribution in [2.24, 2.45) is 5.92 Å². The minimum atomic E-state index is -3.55. The number of amides is 2. The van der Waals surface area contributed by atoms with Crippen LogP contribution in [0, 0.1) is 12.8 Å². The van der Waals surface area contributed by atoms with Gasteiger partial charge in [0.25, 0.3) is 5.91 Å². The van der Waals surface area contributed by atoms with Crippen LogP contribution in [0.5, 0.6) is 0 Å². The van der Waals surface area contributed by atoms with Gasteiger partial charge in [-0.05, 0) is 68.3 Å². The molecule has 1 saturated heterocycles. The van der Waals surface area contributed by atoms with E-state index >= 15 is 0 Å². The van der Waals surface area contributed by atoms with Crippen molar-refractivity contribution in [2.45, 2.75) is 24.7 Å². The lowest BCUT2D eigenvalue weighted by Gasteiger charge is -2.30. The molecule has 4 rings (SSSR count). The van der Waals surface area contributed by atoms with E-state index in [0.29, 0.717) is 42.9 Å². The van der Waals surface area contributed by atoms with Crippen LogP contribution in [0.3, 0.4) is 0 Å². The third-order valence-electron chi connectivity index (χ3n) is 5.93. The molecule has 1 heterocycles. The Morgan fingerprint density at radius 2 is 1.35 bits per heavy atom. The molecule has 0 aromatic heterocycles. The van der Waals surface area contributed by atoms with E-state index in [1.165, 1.54) is 4.31 Å². The Labute approximate surface area is 199 Å². The average Bonchev–Trinajstić information content (AvgIpc) is 2.86. The molecule has 3 aromatic rings. The molecule has 2 N–H and O–H groups in total. The largest absolute Gasteiger partial charge is 0.326 e. The maximum absolute atomic E-state index is 12.9. The van der Waals surface area contributed by atoms with Crippen molar-refractivity contribution in [2.75, 3.05) is 23.7 Å². The molecule has 0 saturated carbocycles. The number of rotatable bonds is 6. The number of hydrogen-bond donors (Lipinski definition) is 2. The van der Waals surface area contributed by atoms with Crippen LogP contribution in [-0.2, 0) is 14.8 Å². The summed E-state index contributed by atoms with van der Waals surface area (Å²) in [5.74, 6) is -0.597. The van der Waals surface area contributed by atoms with Crippen molar-refractivity contribution in [1.82, 2.24) is 4.31 Å². The molecular weight excluding hydrogens is 450 g/mol. The lowest BCUT2D eigenvalue weighted by atomic mass is 9.97. The molecular formula is C26H27N3O4S. The first-order valence-electron chi connectivity index (χ1n) is 11.2. The number of aryl methyl sites for hydroxylation is 1. The second kappa shape index (κ2) is 10.2. The molecule has 1 aliphatic heterocycles. The Kier molecular flexibility index (Phi) is 7.09. The number of carbonyl (C=O) groups is 2. The fourth-order valence-corrected chi connectivity index (χ4v) is 5.36. The second-order valence-corrected chi connectivity index (χ2v) is 10.3. The summed E-state index contributed by atoms with van der Waals surface area (Å²) in [7, 11) is -3.55. The molecule has 2 amide bonds. The normalized spacial score (nSPS) is 15.0. The Morgan fingerprint density at radius 1 is 0.794 bits per heavy atom. The number of nitrogens with zero attached hydrogens (tertiary/aromatic N) is 1. The highest BCUT2D eigenvalue weighted by Gasteiger charge is 2.32. The number of anilines is 2. The zero-order valence-corrected chi connectivity index (χ0v) is 19.7. The lowest BCUT2D eigenvalue weighted by Crippen LogP contribution is -2.41. The topological polar surface area (TPSA) is 95.6 Å². The van der Waals surface area contributed by atoms with Crippen LogP contribution in [0.2, 0.25) is 0 Å². The number of nitrogens with one attached hydrogen (secondary N) is 2. The van der Waals surface area contributed by atoms with E-state index in [4.69, 9.17) is 0 Å². The van der Waals surface area contributed by atoms with Gasteiger partial charge in [-0.2, -0.15) is 4.31 Å². The molecule has 176 valence electrons. The van der Waals surface area contributed by atoms with E-state index in [9.17, 15) is 18.0 Å². The van der Waals surface area contributed by atoms with E-state index in [1.807, 2.05) is 13.0 Å².